The number of hydrogen-bond acceptors (Lipinski definition) is 5. The Morgan fingerprint density at radius 2 is 1.84 bits per heavy atom. The second kappa shape index (κ2) is 9.89. The lowest BCUT2D eigenvalue weighted by atomic mass is 9.65. The van der Waals surface area contributed by atoms with Gasteiger partial charge in [0.25, 0.3) is 0 Å². The molecule has 4 atom stereocenters. The summed E-state index contributed by atoms with van der Waals surface area (Å²) in [6, 6.07) is 9.26. The van der Waals surface area contributed by atoms with Crippen molar-refractivity contribution in [3.8, 4) is 0 Å². The van der Waals surface area contributed by atoms with Gasteiger partial charge in [-0.25, -0.2) is 9.59 Å². The SMILES string of the molecule is CC1(C)CC2CC(C)(CN2CC(O)COC2CCCc3ccccc32)C1.O=C(O)C(=O)O. The fourth-order valence-corrected chi connectivity index (χ4v) is 6.22. The van der Waals surface area contributed by atoms with Crippen molar-refractivity contribution in [2.75, 3.05) is 19.7 Å². The van der Waals surface area contributed by atoms with Crippen LogP contribution in [-0.4, -0.2) is 64.0 Å². The minimum Gasteiger partial charge on any atom is -0.473 e. The van der Waals surface area contributed by atoms with Gasteiger partial charge >= 0.3 is 11.9 Å². The number of hydrogen-bond donors (Lipinski definition) is 3. The van der Waals surface area contributed by atoms with Crippen molar-refractivity contribution in [2.45, 2.75) is 77.5 Å². The van der Waals surface area contributed by atoms with Crippen molar-refractivity contribution < 1.29 is 29.6 Å². The zero-order valence-electron chi connectivity index (χ0n) is 19.4. The van der Waals surface area contributed by atoms with Crippen LogP contribution in [0.5, 0.6) is 0 Å². The minimum absolute atomic E-state index is 0.156. The second-order valence-corrected chi connectivity index (χ2v) is 10.8. The van der Waals surface area contributed by atoms with E-state index in [1.165, 1.54) is 36.8 Å². The molecule has 1 aromatic rings. The number of nitrogens with zero attached hydrogens (tertiary/aromatic N) is 1. The molecule has 3 aliphatic rings. The largest absolute Gasteiger partial charge is 0.473 e. The first-order chi connectivity index (χ1) is 15.0. The van der Waals surface area contributed by atoms with Crippen LogP contribution in [0, 0.1) is 10.8 Å². The normalized spacial score (nSPS) is 29.4. The lowest BCUT2D eigenvalue weighted by Crippen LogP contribution is -2.39. The Morgan fingerprint density at radius 1 is 1.16 bits per heavy atom. The quantitative estimate of drug-likeness (QED) is 0.593. The van der Waals surface area contributed by atoms with Crippen molar-refractivity contribution in [2.24, 2.45) is 10.8 Å². The molecule has 3 N–H and O–H groups in total. The fourth-order valence-electron chi connectivity index (χ4n) is 6.22. The van der Waals surface area contributed by atoms with Crippen LogP contribution in [0.2, 0.25) is 0 Å². The summed E-state index contributed by atoms with van der Waals surface area (Å²) in [7, 11) is 0. The Hall–Kier alpha value is -1.96. The first-order valence-corrected chi connectivity index (χ1v) is 11.6. The fraction of sp³-hybridized carbons (Fsp3) is 0.680. The van der Waals surface area contributed by atoms with E-state index in [0.29, 0.717) is 23.5 Å². The third-order valence-electron chi connectivity index (χ3n) is 6.96. The molecular formula is C25H37NO6. The number of benzene rings is 1. The molecule has 2 aliphatic carbocycles. The van der Waals surface area contributed by atoms with Crippen LogP contribution in [-0.2, 0) is 20.7 Å². The number of β-amino-alcohol motifs (C(OH)–C–C–N with tert-alkyl or cyclic N) is 1. The van der Waals surface area contributed by atoms with Crippen LogP contribution in [0.4, 0.5) is 0 Å². The standard InChI is InChI=1S/C23H35NO2.C2H2O4/c1-22(2)11-18-12-23(3,15-22)16-24(18)13-19(25)14-26-21-10-6-8-17-7-4-5-9-20(17)21;3-1(4)2(5)6/h4-5,7,9,18-19,21,25H,6,8,10-16H2,1-3H3;(H,3,4)(H,5,6). The number of aliphatic hydroxyl groups is 1. The summed E-state index contributed by atoms with van der Waals surface area (Å²) >= 11 is 0. The predicted molar refractivity (Wildman–Crippen MR) is 120 cm³/mol. The van der Waals surface area contributed by atoms with Gasteiger partial charge in [-0.1, -0.05) is 45.0 Å². The molecule has 2 bridgehead atoms. The average molecular weight is 448 g/mol. The van der Waals surface area contributed by atoms with E-state index in [1.54, 1.807) is 0 Å². The van der Waals surface area contributed by atoms with Gasteiger partial charge in [-0.2, -0.15) is 0 Å². The maximum atomic E-state index is 10.7. The van der Waals surface area contributed by atoms with Crippen LogP contribution in [0.3, 0.4) is 0 Å². The molecule has 2 fully saturated rings. The summed E-state index contributed by atoms with van der Waals surface area (Å²) in [5, 5.41) is 25.4. The van der Waals surface area contributed by atoms with Crippen LogP contribution >= 0.6 is 0 Å². The minimum atomic E-state index is -1.82. The molecule has 32 heavy (non-hydrogen) atoms. The first-order valence-electron chi connectivity index (χ1n) is 11.6. The van der Waals surface area contributed by atoms with E-state index in [1.807, 2.05) is 0 Å². The van der Waals surface area contributed by atoms with E-state index in [0.717, 1.165) is 25.9 Å². The number of carboxylic acid groups (broad SMARTS) is 2. The van der Waals surface area contributed by atoms with Crippen molar-refractivity contribution in [1.82, 2.24) is 4.90 Å². The Labute approximate surface area is 190 Å². The van der Waals surface area contributed by atoms with Gasteiger partial charge in [-0.05, 0) is 60.5 Å². The molecule has 7 heteroatoms. The molecule has 1 heterocycles. The highest BCUT2D eigenvalue weighted by Gasteiger charge is 2.49. The number of likely N-dealkylation sites (tertiary alicyclic amines) is 1. The number of ether oxygens (including phenoxy) is 1. The van der Waals surface area contributed by atoms with E-state index in [2.05, 4.69) is 49.9 Å². The smallest absolute Gasteiger partial charge is 0.414 e. The molecular weight excluding hydrogens is 410 g/mol. The number of rotatable bonds is 5. The molecule has 0 radical (unpaired) electrons. The van der Waals surface area contributed by atoms with E-state index in [9.17, 15) is 5.11 Å². The summed E-state index contributed by atoms with van der Waals surface area (Å²) in [5.41, 5.74) is 3.61. The molecule has 1 aliphatic heterocycles. The zero-order chi connectivity index (χ0) is 23.5. The summed E-state index contributed by atoms with van der Waals surface area (Å²) in [5.74, 6) is -3.65. The lowest BCUT2D eigenvalue weighted by molar-refractivity contribution is -0.159. The maximum absolute atomic E-state index is 10.7. The average Bonchev–Trinajstić information content (AvgIpc) is 2.94. The summed E-state index contributed by atoms with van der Waals surface area (Å²) in [4.78, 5) is 20.7. The van der Waals surface area contributed by atoms with Crippen molar-refractivity contribution in [3.05, 3.63) is 35.4 Å². The van der Waals surface area contributed by atoms with Gasteiger partial charge in [0.05, 0.1) is 18.8 Å². The van der Waals surface area contributed by atoms with Gasteiger partial charge in [0.1, 0.15) is 0 Å². The Kier molecular flexibility index (Phi) is 7.63. The van der Waals surface area contributed by atoms with Gasteiger partial charge in [0.15, 0.2) is 0 Å². The molecule has 1 saturated carbocycles. The van der Waals surface area contributed by atoms with Gasteiger partial charge in [0.2, 0.25) is 0 Å². The first kappa shape index (κ1) is 24.7. The van der Waals surface area contributed by atoms with Crippen LogP contribution < -0.4 is 0 Å². The van der Waals surface area contributed by atoms with Crippen LogP contribution in [0.15, 0.2) is 24.3 Å². The van der Waals surface area contributed by atoms with Crippen molar-refractivity contribution in [3.63, 3.8) is 0 Å². The molecule has 0 aromatic heterocycles. The third-order valence-corrected chi connectivity index (χ3v) is 6.96. The number of carbonyl (C=O) groups is 2. The van der Waals surface area contributed by atoms with Crippen LogP contribution in [0.1, 0.15) is 70.1 Å². The van der Waals surface area contributed by atoms with Crippen LogP contribution in [0.25, 0.3) is 0 Å². The Balaban J connectivity index is 0.000000427. The van der Waals surface area contributed by atoms with Gasteiger partial charge < -0.3 is 20.1 Å². The summed E-state index contributed by atoms with van der Waals surface area (Å²) < 4.78 is 6.18. The molecule has 0 amide bonds. The van der Waals surface area contributed by atoms with E-state index in [4.69, 9.17) is 24.5 Å². The van der Waals surface area contributed by atoms with E-state index >= 15 is 0 Å². The molecule has 1 aromatic carbocycles. The lowest BCUT2D eigenvalue weighted by Gasteiger charge is -2.40. The maximum Gasteiger partial charge on any atom is 0.414 e. The predicted octanol–water partition coefficient (Wildman–Crippen LogP) is 3.50. The van der Waals surface area contributed by atoms with E-state index < -0.39 is 18.0 Å². The highest BCUT2D eigenvalue weighted by atomic mass is 16.5. The number of aliphatic carboxylic acids is 2. The van der Waals surface area contributed by atoms with Crippen molar-refractivity contribution in [1.29, 1.82) is 0 Å². The highest BCUT2D eigenvalue weighted by Crippen LogP contribution is 2.52. The molecule has 4 unspecified atom stereocenters. The van der Waals surface area contributed by atoms with Gasteiger partial charge in [-0.3, -0.25) is 4.90 Å². The molecule has 0 spiro atoms. The van der Waals surface area contributed by atoms with Gasteiger partial charge in [0, 0.05) is 19.1 Å². The third kappa shape index (κ3) is 6.30. The van der Waals surface area contributed by atoms with E-state index in [-0.39, 0.29) is 6.10 Å². The molecule has 1 saturated heterocycles. The molecule has 7 nitrogen and oxygen atoms in total. The van der Waals surface area contributed by atoms with Gasteiger partial charge in [-0.15, -0.1) is 0 Å². The summed E-state index contributed by atoms with van der Waals surface area (Å²) in [6.07, 6.45) is 7.02. The second-order valence-electron chi connectivity index (χ2n) is 10.8. The monoisotopic (exact) mass is 447 g/mol. The summed E-state index contributed by atoms with van der Waals surface area (Å²) in [6.45, 7) is 9.57. The van der Waals surface area contributed by atoms with Crippen molar-refractivity contribution >= 4 is 11.9 Å². The number of carboxylic acids is 2. The topological polar surface area (TPSA) is 107 Å². The highest BCUT2D eigenvalue weighted by molar-refractivity contribution is 6.27. The number of aryl methyl sites for hydroxylation is 1. The number of aliphatic hydroxyl groups excluding tert-OH is 1. The Bertz CT molecular complexity index is 812. The Morgan fingerprint density at radius 3 is 2.53 bits per heavy atom. The molecule has 4 rings (SSSR count). The molecule has 178 valence electrons. The number of fused-ring (bicyclic) bond motifs is 3. The zero-order valence-corrected chi connectivity index (χ0v) is 19.4.